The predicted octanol–water partition coefficient (Wildman–Crippen LogP) is 2.06. The highest BCUT2D eigenvalue weighted by molar-refractivity contribution is 5.85. The van der Waals surface area contributed by atoms with Gasteiger partial charge in [0.25, 0.3) is 0 Å². The van der Waals surface area contributed by atoms with E-state index in [-0.39, 0.29) is 0 Å². The summed E-state index contributed by atoms with van der Waals surface area (Å²) in [6, 6.07) is 9.15. The Hall–Kier alpha value is -2.56. The molecule has 0 saturated carbocycles. The molecule has 0 aliphatic carbocycles. The van der Waals surface area contributed by atoms with Gasteiger partial charge in [0.05, 0.1) is 6.54 Å². The van der Waals surface area contributed by atoms with Crippen molar-refractivity contribution >= 4 is 12.0 Å². The molecule has 0 saturated heterocycles. The van der Waals surface area contributed by atoms with E-state index in [9.17, 15) is 4.79 Å². The Morgan fingerprint density at radius 2 is 2.21 bits per heavy atom. The van der Waals surface area contributed by atoms with Crippen molar-refractivity contribution in [3.05, 3.63) is 54.4 Å². The van der Waals surface area contributed by atoms with Crippen LogP contribution in [-0.2, 0) is 11.3 Å². The number of nitrogens with zero attached hydrogens (tertiary/aromatic N) is 2. The summed E-state index contributed by atoms with van der Waals surface area (Å²) in [5.74, 6) is -0.321. The molecule has 1 aromatic carbocycles. The normalized spacial score (nSPS) is 10.7. The van der Waals surface area contributed by atoms with E-state index in [0.717, 1.165) is 11.6 Å². The summed E-state index contributed by atoms with van der Waals surface area (Å²) in [4.78, 5) is 10.5. The second-order valence-electron chi connectivity index (χ2n) is 3.83. The number of ether oxygens (including phenoxy) is 1. The fourth-order valence-electron chi connectivity index (χ4n) is 1.59. The van der Waals surface area contributed by atoms with Crippen LogP contribution in [0.4, 0.5) is 0 Å². The molecule has 0 amide bonds. The SMILES string of the molecule is O=C(O)C=Cc1ccccc1OCCn1cccn1. The van der Waals surface area contributed by atoms with E-state index in [2.05, 4.69) is 5.10 Å². The molecular formula is C14H14N2O3. The third kappa shape index (κ3) is 3.99. The van der Waals surface area contributed by atoms with Crippen LogP contribution >= 0.6 is 0 Å². The maximum atomic E-state index is 10.5. The molecule has 98 valence electrons. The third-order valence-electron chi connectivity index (χ3n) is 2.46. The van der Waals surface area contributed by atoms with Gasteiger partial charge in [0.1, 0.15) is 12.4 Å². The average molecular weight is 258 g/mol. The van der Waals surface area contributed by atoms with Crippen LogP contribution in [0.1, 0.15) is 5.56 Å². The minimum Gasteiger partial charge on any atom is -0.491 e. The minimum absolute atomic E-state index is 0.472. The number of hydrogen-bond donors (Lipinski definition) is 1. The summed E-state index contributed by atoms with van der Waals surface area (Å²) in [5.41, 5.74) is 0.741. The van der Waals surface area contributed by atoms with Gasteiger partial charge in [-0.2, -0.15) is 5.10 Å². The van der Waals surface area contributed by atoms with Gasteiger partial charge in [0.15, 0.2) is 0 Å². The molecule has 0 fully saturated rings. The molecule has 5 heteroatoms. The average Bonchev–Trinajstić information content (AvgIpc) is 2.91. The molecule has 0 unspecified atom stereocenters. The second-order valence-corrected chi connectivity index (χ2v) is 3.83. The van der Waals surface area contributed by atoms with Gasteiger partial charge in [0, 0.05) is 24.0 Å². The van der Waals surface area contributed by atoms with Crippen LogP contribution in [0.5, 0.6) is 5.75 Å². The fourth-order valence-corrected chi connectivity index (χ4v) is 1.59. The number of benzene rings is 1. The number of aliphatic carboxylic acids is 1. The van der Waals surface area contributed by atoms with Gasteiger partial charge in [-0.05, 0) is 18.2 Å². The van der Waals surface area contributed by atoms with Gasteiger partial charge in [-0.15, -0.1) is 0 Å². The number of para-hydroxylation sites is 1. The predicted molar refractivity (Wildman–Crippen MR) is 70.8 cm³/mol. The van der Waals surface area contributed by atoms with Gasteiger partial charge < -0.3 is 9.84 Å². The topological polar surface area (TPSA) is 64.3 Å². The van der Waals surface area contributed by atoms with Crippen molar-refractivity contribution in [3.63, 3.8) is 0 Å². The maximum Gasteiger partial charge on any atom is 0.328 e. The first-order valence-electron chi connectivity index (χ1n) is 5.86. The van der Waals surface area contributed by atoms with E-state index in [0.29, 0.717) is 18.9 Å². The number of aromatic nitrogens is 2. The van der Waals surface area contributed by atoms with Crippen LogP contribution < -0.4 is 4.74 Å². The lowest BCUT2D eigenvalue weighted by molar-refractivity contribution is -0.131. The number of rotatable bonds is 6. The highest BCUT2D eigenvalue weighted by Crippen LogP contribution is 2.19. The van der Waals surface area contributed by atoms with Crippen molar-refractivity contribution in [1.29, 1.82) is 0 Å². The first-order chi connectivity index (χ1) is 9.25. The molecular weight excluding hydrogens is 244 g/mol. The van der Waals surface area contributed by atoms with Crippen molar-refractivity contribution in [3.8, 4) is 5.75 Å². The number of hydrogen-bond acceptors (Lipinski definition) is 3. The zero-order valence-corrected chi connectivity index (χ0v) is 10.3. The summed E-state index contributed by atoms with van der Waals surface area (Å²) >= 11 is 0. The summed E-state index contributed by atoms with van der Waals surface area (Å²) in [5, 5.41) is 12.7. The Kier molecular flexibility index (Phi) is 4.34. The summed E-state index contributed by atoms with van der Waals surface area (Å²) in [6.07, 6.45) is 6.18. The van der Waals surface area contributed by atoms with E-state index in [1.165, 1.54) is 6.08 Å². The lowest BCUT2D eigenvalue weighted by Crippen LogP contribution is -2.08. The van der Waals surface area contributed by atoms with Crippen molar-refractivity contribution < 1.29 is 14.6 Å². The molecule has 0 bridgehead atoms. The molecule has 1 aromatic heterocycles. The van der Waals surface area contributed by atoms with Crippen LogP contribution in [0.2, 0.25) is 0 Å². The van der Waals surface area contributed by atoms with E-state index in [1.807, 2.05) is 36.5 Å². The zero-order chi connectivity index (χ0) is 13.5. The molecule has 0 aliphatic rings. The summed E-state index contributed by atoms with van der Waals surface area (Å²) < 4.78 is 7.41. The minimum atomic E-state index is -0.980. The van der Waals surface area contributed by atoms with Gasteiger partial charge in [0.2, 0.25) is 0 Å². The van der Waals surface area contributed by atoms with Crippen LogP contribution in [0, 0.1) is 0 Å². The second kappa shape index (κ2) is 6.39. The van der Waals surface area contributed by atoms with Crippen LogP contribution in [0.25, 0.3) is 6.08 Å². The molecule has 1 heterocycles. The largest absolute Gasteiger partial charge is 0.491 e. The highest BCUT2D eigenvalue weighted by atomic mass is 16.5. The third-order valence-corrected chi connectivity index (χ3v) is 2.46. The van der Waals surface area contributed by atoms with Crippen molar-refractivity contribution in [2.75, 3.05) is 6.61 Å². The molecule has 19 heavy (non-hydrogen) atoms. The van der Waals surface area contributed by atoms with Crippen molar-refractivity contribution in [2.45, 2.75) is 6.54 Å². The van der Waals surface area contributed by atoms with E-state index in [1.54, 1.807) is 10.9 Å². The first-order valence-corrected chi connectivity index (χ1v) is 5.86. The van der Waals surface area contributed by atoms with Crippen LogP contribution in [-0.4, -0.2) is 27.5 Å². The number of carboxylic acids is 1. The highest BCUT2D eigenvalue weighted by Gasteiger charge is 2.00. The monoisotopic (exact) mass is 258 g/mol. The van der Waals surface area contributed by atoms with Crippen LogP contribution in [0.3, 0.4) is 0 Å². The molecule has 5 nitrogen and oxygen atoms in total. The Balaban J connectivity index is 1.97. The summed E-state index contributed by atoms with van der Waals surface area (Å²) in [6.45, 7) is 1.11. The molecule has 0 radical (unpaired) electrons. The van der Waals surface area contributed by atoms with Gasteiger partial charge in [-0.1, -0.05) is 18.2 Å². The van der Waals surface area contributed by atoms with E-state index in [4.69, 9.17) is 9.84 Å². The van der Waals surface area contributed by atoms with Crippen LogP contribution in [0.15, 0.2) is 48.8 Å². The van der Waals surface area contributed by atoms with E-state index < -0.39 is 5.97 Å². The van der Waals surface area contributed by atoms with Crippen molar-refractivity contribution in [2.24, 2.45) is 0 Å². The molecule has 2 rings (SSSR count). The van der Waals surface area contributed by atoms with Gasteiger partial charge in [-0.3, -0.25) is 4.68 Å². The Morgan fingerprint density at radius 3 is 2.95 bits per heavy atom. The molecule has 0 atom stereocenters. The standard InChI is InChI=1S/C14H14N2O3/c17-14(18)7-6-12-4-1-2-5-13(12)19-11-10-16-9-3-8-15-16/h1-9H,10-11H2,(H,17,18). The fraction of sp³-hybridized carbons (Fsp3) is 0.143. The van der Waals surface area contributed by atoms with Crippen molar-refractivity contribution in [1.82, 2.24) is 9.78 Å². The quantitative estimate of drug-likeness (QED) is 0.805. The lowest BCUT2D eigenvalue weighted by Gasteiger charge is -2.09. The zero-order valence-electron chi connectivity index (χ0n) is 10.3. The first kappa shape index (κ1) is 12.9. The van der Waals surface area contributed by atoms with Gasteiger partial charge >= 0.3 is 5.97 Å². The Morgan fingerprint density at radius 1 is 1.37 bits per heavy atom. The number of carbonyl (C=O) groups is 1. The number of carboxylic acid groups (broad SMARTS) is 1. The Labute approximate surface area is 110 Å². The maximum absolute atomic E-state index is 10.5. The van der Waals surface area contributed by atoms with Gasteiger partial charge in [-0.25, -0.2) is 4.79 Å². The molecule has 1 N–H and O–H groups in total. The molecule has 2 aromatic rings. The molecule has 0 aliphatic heterocycles. The lowest BCUT2D eigenvalue weighted by atomic mass is 10.2. The smallest absolute Gasteiger partial charge is 0.328 e. The summed E-state index contributed by atoms with van der Waals surface area (Å²) in [7, 11) is 0. The molecule has 0 spiro atoms. The van der Waals surface area contributed by atoms with E-state index >= 15 is 0 Å². The Bertz CT molecular complexity index is 562.